The Morgan fingerprint density at radius 1 is 1.23 bits per heavy atom. The molecule has 8 nitrogen and oxygen atoms in total. The fraction of sp³-hybridized carbons (Fsp3) is 0.429. The Labute approximate surface area is 237 Å². The van der Waals surface area contributed by atoms with Crippen molar-refractivity contribution in [2.45, 2.75) is 45.4 Å². The number of urea groups is 1. The Morgan fingerprint density at radius 3 is 2.62 bits per heavy atom. The predicted octanol–water partition coefficient (Wildman–Crippen LogP) is 6.23. The molecule has 3 aromatic rings. The maximum Gasteiger partial charge on any atom is 0.320 e. The molecule has 1 aromatic carbocycles. The molecule has 2 aromatic heterocycles. The Morgan fingerprint density at radius 2 is 1.95 bits per heavy atom. The van der Waals surface area contributed by atoms with Crippen molar-refractivity contribution >= 4 is 51.6 Å². The van der Waals surface area contributed by atoms with Crippen LogP contribution in [-0.2, 0) is 0 Å². The zero-order valence-corrected chi connectivity index (χ0v) is 23.9. The van der Waals surface area contributed by atoms with Gasteiger partial charge in [-0.1, -0.05) is 29.3 Å². The van der Waals surface area contributed by atoms with E-state index in [0.717, 1.165) is 29.6 Å². The van der Waals surface area contributed by atoms with Gasteiger partial charge in [-0.25, -0.2) is 14.2 Å². The van der Waals surface area contributed by atoms with Gasteiger partial charge in [0.25, 0.3) is 0 Å². The van der Waals surface area contributed by atoms with Crippen molar-refractivity contribution in [3.8, 4) is 5.75 Å². The van der Waals surface area contributed by atoms with Gasteiger partial charge < -0.3 is 24.7 Å². The molecule has 1 fully saturated rings. The number of furan rings is 1. The number of carbonyl (C=O) groups is 1. The molecule has 2 aliphatic rings. The van der Waals surface area contributed by atoms with E-state index >= 15 is 0 Å². The molecule has 0 saturated carbocycles. The van der Waals surface area contributed by atoms with E-state index in [1.165, 1.54) is 12.1 Å². The van der Waals surface area contributed by atoms with Gasteiger partial charge in [-0.2, -0.15) is 0 Å². The van der Waals surface area contributed by atoms with Crippen LogP contribution < -0.4 is 10.5 Å². The summed E-state index contributed by atoms with van der Waals surface area (Å²) >= 11 is 12.5. The number of fused-ring (bicyclic) bond motifs is 1. The Bertz CT molecular complexity index is 1430. The average Bonchev–Trinajstić information content (AvgIpc) is 3.35. The van der Waals surface area contributed by atoms with Gasteiger partial charge in [0.2, 0.25) is 5.75 Å². The number of carbonyl (C=O) groups excluding carboxylic acids is 1. The van der Waals surface area contributed by atoms with Crippen molar-refractivity contribution in [3.05, 3.63) is 57.7 Å². The van der Waals surface area contributed by atoms with Crippen LogP contribution in [0.2, 0.25) is 10.0 Å². The summed E-state index contributed by atoms with van der Waals surface area (Å²) in [6, 6.07) is 3.34. The van der Waals surface area contributed by atoms with Crippen LogP contribution in [0.5, 0.6) is 5.75 Å². The van der Waals surface area contributed by atoms with Crippen LogP contribution in [0.4, 0.5) is 15.0 Å². The van der Waals surface area contributed by atoms with Crippen LogP contribution in [0.3, 0.4) is 0 Å². The Hall–Kier alpha value is -3.01. The summed E-state index contributed by atoms with van der Waals surface area (Å²) in [7, 11) is 2.10. The molecule has 5 rings (SSSR count). The molecule has 0 spiro atoms. The number of piperazine rings is 1. The van der Waals surface area contributed by atoms with Crippen molar-refractivity contribution < 1.29 is 18.3 Å². The lowest BCUT2D eigenvalue weighted by atomic mass is 9.99. The molecule has 3 atom stereocenters. The first-order valence-corrected chi connectivity index (χ1v) is 13.7. The van der Waals surface area contributed by atoms with Crippen molar-refractivity contribution in [3.63, 3.8) is 0 Å². The van der Waals surface area contributed by atoms with Crippen LogP contribution >= 0.6 is 23.2 Å². The number of anilines is 1. The van der Waals surface area contributed by atoms with Gasteiger partial charge in [-0.3, -0.25) is 4.90 Å². The molecule has 2 aliphatic heterocycles. The standard InChI is InChI=1S/C28H32Cl2FN5O3/c1-15-12-36(13-16(2)34(15)4)28(37)35-9-7-18(8-10-35)20-14-38-25-19(20)11-33-27(32)26(25)39-17(3)23-21(29)5-6-22(31)24(23)30/h5-7,11,14-17H,8-10,12-13H2,1-4H3,(H2,32,33)/t15-,16+,17-/m1/s1. The minimum atomic E-state index is -0.725. The van der Waals surface area contributed by atoms with E-state index in [-0.39, 0.29) is 27.6 Å². The summed E-state index contributed by atoms with van der Waals surface area (Å²) in [4.78, 5) is 23.7. The number of benzene rings is 1. The summed E-state index contributed by atoms with van der Waals surface area (Å²) in [5.74, 6) is -0.234. The van der Waals surface area contributed by atoms with E-state index in [4.69, 9.17) is 38.1 Å². The molecular formula is C28H32Cl2FN5O3. The van der Waals surface area contributed by atoms with Crippen LogP contribution in [0.1, 0.15) is 44.4 Å². The minimum Gasteiger partial charge on any atom is -0.478 e. The number of aromatic nitrogens is 1. The largest absolute Gasteiger partial charge is 0.478 e. The number of likely N-dealkylation sites (N-methyl/N-ethyl adjacent to an activating group) is 1. The van der Waals surface area contributed by atoms with Gasteiger partial charge in [-0.05, 0) is 51.9 Å². The first-order chi connectivity index (χ1) is 18.6. The van der Waals surface area contributed by atoms with E-state index in [2.05, 4.69) is 36.9 Å². The van der Waals surface area contributed by atoms with Crippen molar-refractivity contribution in [1.82, 2.24) is 19.7 Å². The molecule has 0 radical (unpaired) electrons. The van der Waals surface area contributed by atoms with Crippen LogP contribution in [0.25, 0.3) is 16.5 Å². The number of ether oxygens (including phenoxy) is 1. The SMILES string of the molecule is C[C@@H]1CN(C(=O)N2CC=C(c3coc4c(O[C@H](C)c5c(Cl)ccc(F)c5Cl)c(N)ncc34)CC2)C[C@H](C)N1C. The normalized spacial score (nSPS) is 21.3. The highest BCUT2D eigenvalue weighted by Crippen LogP contribution is 2.41. The van der Waals surface area contributed by atoms with Gasteiger partial charge in [0.05, 0.1) is 16.7 Å². The molecule has 2 amide bonds. The summed E-state index contributed by atoms with van der Waals surface area (Å²) in [6.45, 7) is 8.55. The molecule has 39 heavy (non-hydrogen) atoms. The third-order valence-corrected chi connectivity index (χ3v) is 8.55. The van der Waals surface area contributed by atoms with Crippen LogP contribution in [0, 0.1) is 5.82 Å². The number of rotatable bonds is 4. The summed E-state index contributed by atoms with van der Waals surface area (Å²) in [5, 5.41) is 0.899. The van der Waals surface area contributed by atoms with E-state index in [1.807, 2.05) is 9.80 Å². The number of amides is 2. The number of nitrogens with zero attached hydrogens (tertiary/aromatic N) is 4. The zero-order valence-electron chi connectivity index (χ0n) is 22.4. The minimum absolute atomic E-state index is 0.0722. The highest BCUT2D eigenvalue weighted by Gasteiger charge is 2.32. The number of nitrogen functional groups attached to an aromatic ring is 1. The molecule has 4 heterocycles. The van der Waals surface area contributed by atoms with E-state index in [9.17, 15) is 9.18 Å². The smallest absolute Gasteiger partial charge is 0.320 e. The summed E-state index contributed by atoms with van der Waals surface area (Å²) in [6.07, 6.45) is 5.30. The Kier molecular flexibility index (Phi) is 7.68. The van der Waals surface area contributed by atoms with Gasteiger partial charge in [0.15, 0.2) is 11.4 Å². The molecule has 1 saturated heterocycles. The Balaban J connectivity index is 1.36. The van der Waals surface area contributed by atoms with Crippen molar-refractivity contribution in [2.75, 3.05) is 39.0 Å². The fourth-order valence-electron chi connectivity index (χ4n) is 5.34. The predicted molar refractivity (Wildman–Crippen MR) is 152 cm³/mol. The maximum absolute atomic E-state index is 14.1. The molecule has 2 N–H and O–H groups in total. The van der Waals surface area contributed by atoms with Crippen molar-refractivity contribution in [1.29, 1.82) is 0 Å². The fourth-order valence-corrected chi connectivity index (χ4v) is 6.02. The quantitative estimate of drug-likeness (QED) is 0.371. The molecular weight excluding hydrogens is 544 g/mol. The number of nitrogens with two attached hydrogens (primary N) is 1. The second kappa shape index (κ2) is 10.9. The first-order valence-electron chi connectivity index (χ1n) is 13.0. The highest BCUT2D eigenvalue weighted by atomic mass is 35.5. The third-order valence-electron chi connectivity index (χ3n) is 7.84. The van der Waals surface area contributed by atoms with Gasteiger partial charge in [0, 0.05) is 60.6 Å². The average molecular weight is 577 g/mol. The van der Waals surface area contributed by atoms with Gasteiger partial charge in [-0.15, -0.1) is 0 Å². The lowest BCUT2D eigenvalue weighted by Gasteiger charge is -2.44. The van der Waals surface area contributed by atoms with E-state index in [1.54, 1.807) is 19.4 Å². The third kappa shape index (κ3) is 5.15. The van der Waals surface area contributed by atoms with Crippen LogP contribution in [0.15, 0.2) is 35.1 Å². The lowest BCUT2D eigenvalue weighted by molar-refractivity contribution is 0.0640. The highest BCUT2D eigenvalue weighted by molar-refractivity contribution is 6.36. The monoisotopic (exact) mass is 575 g/mol. The van der Waals surface area contributed by atoms with Gasteiger partial charge >= 0.3 is 6.03 Å². The second-order valence-corrected chi connectivity index (χ2v) is 11.1. The molecule has 0 aliphatic carbocycles. The molecule has 0 bridgehead atoms. The summed E-state index contributed by atoms with van der Waals surface area (Å²) < 4.78 is 26.1. The van der Waals surface area contributed by atoms with Crippen LogP contribution in [-0.4, -0.2) is 71.0 Å². The number of hydrogen-bond acceptors (Lipinski definition) is 6. The van der Waals surface area contributed by atoms with E-state index in [0.29, 0.717) is 42.7 Å². The number of pyridine rings is 1. The molecule has 208 valence electrons. The van der Waals surface area contributed by atoms with Crippen molar-refractivity contribution in [2.24, 2.45) is 0 Å². The number of halogens is 3. The lowest BCUT2D eigenvalue weighted by Crippen LogP contribution is -2.59. The topological polar surface area (TPSA) is 88.1 Å². The summed E-state index contributed by atoms with van der Waals surface area (Å²) in [5.41, 5.74) is 8.81. The van der Waals surface area contributed by atoms with Gasteiger partial charge in [0.1, 0.15) is 11.9 Å². The number of hydrogen-bond donors (Lipinski definition) is 1. The molecule has 11 heteroatoms. The zero-order chi connectivity index (χ0) is 28.0. The molecule has 0 unspecified atom stereocenters. The van der Waals surface area contributed by atoms with E-state index < -0.39 is 11.9 Å². The maximum atomic E-state index is 14.1. The second-order valence-electron chi connectivity index (χ2n) is 10.4. The first kappa shape index (κ1) is 27.6.